The lowest BCUT2D eigenvalue weighted by Crippen LogP contribution is -2.24. The van der Waals surface area contributed by atoms with Crippen LogP contribution in [0.15, 0.2) is 60.2 Å². The highest BCUT2D eigenvalue weighted by atomic mass is 32.1. The van der Waals surface area contributed by atoms with Crippen LogP contribution >= 0.6 is 11.3 Å². The van der Waals surface area contributed by atoms with Crippen LogP contribution in [0, 0.1) is 0 Å². The van der Waals surface area contributed by atoms with Crippen LogP contribution in [0.25, 0.3) is 16.7 Å². The predicted octanol–water partition coefficient (Wildman–Crippen LogP) is 3.36. The first-order valence-corrected chi connectivity index (χ1v) is 8.51. The Hall–Kier alpha value is -2.86. The maximum atomic E-state index is 12.6. The molecule has 0 fully saturated rings. The summed E-state index contributed by atoms with van der Waals surface area (Å²) in [5.41, 5.74) is 2.90. The molecule has 0 atom stereocenters. The van der Waals surface area contributed by atoms with E-state index in [1.165, 1.54) is 11.3 Å². The van der Waals surface area contributed by atoms with Crippen LogP contribution in [0.3, 0.4) is 0 Å². The molecule has 0 unspecified atom stereocenters. The van der Waals surface area contributed by atoms with Crippen LogP contribution in [0.5, 0.6) is 0 Å². The normalized spacial score (nSPS) is 11.0. The lowest BCUT2D eigenvalue weighted by molar-refractivity contribution is 0.0953. The quantitative estimate of drug-likeness (QED) is 0.621. The van der Waals surface area contributed by atoms with E-state index in [2.05, 4.69) is 10.3 Å². The van der Waals surface area contributed by atoms with Crippen molar-refractivity contribution in [1.82, 2.24) is 19.4 Å². The number of thiophene rings is 1. The number of aromatic nitrogens is 3. The molecule has 0 saturated heterocycles. The smallest absolute Gasteiger partial charge is 0.263 e. The van der Waals surface area contributed by atoms with Crippen LogP contribution in [0.4, 0.5) is 0 Å². The first-order valence-electron chi connectivity index (χ1n) is 7.63. The molecular formula is C18H16N4OS. The number of para-hydroxylation sites is 2. The molecule has 5 nitrogen and oxygen atoms in total. The van der Waals surface area contributed by atoms with Crippen LogP contribution in [-0.4, -0.2) is 20.0 Å². The molecule has 1 amide bonds. The van der Waals surface area contributed by atoms with Crippen molar-refractivity contribution in [3.8, 4) is 5.69 Å². The van der Waals surface area contributed by atoms with Gasteiger partial charge in [0.2, 0.25) is 0 Å². The number of rotatable bonds is 4. The van der Waals surface area contributed by atoms with Crippen molar-refractivity contribution in [1.29, 1.82) is 0 Å². The van der Waals surface area contributed by atoms with E-state index >= 15 is 0 Å². The zero-order valence-corrected chi connectivity index (χ0v) is 14.0. The Morgan fingerprint density at radius 3 is 2.75 bits per heavy atom. The Morgan fingerprint density at radius 1 is 1.17 bits per heavy atom. The number of benzene rings is 1. The predicted molar refractivity (Wildman–Crippen MR) is 95.5 cm³/mol. The minimum absolute atomic E-state index is 0.0826. The standard InChI is InChI=1S/C18H16N4OS/c1-21-14-7-3-2-6-13(14)20-16(21)12-19-18(23)17-15(8-11-24-17)22-9-4-5-10-22/h2-11H,12H2,1H3,(H,19,23). The van der Waals surface area contributed by atoms with E-state index in [0.29, 0.717) is 11.4 Å². The number of fused-ring (bicyclic) bond motifs is 1. The van der Waals surface area contributed by atoms with E-state index in [9.17, 15) is 4.79 Å². The molecule has 0 bridgehead atoms. The Labute approximate surface area is 143 Å². The second-order valence-electron chi connectivity index (χ2n) is 5.48. The monoisotopic (exact) mass is 336 g/mol. The lowest BCUT2D eigenvalue weighted by atomic mass is 10.3. The molecule has 0 aliphatic carbocycles. The van der Waals surface area contributed by atoms with Crippen molar-refractivity contribution in [3.63, 3.8) is 0 Å². The number of imidazole rings is 1. The van der Waals surface area contributed by atoms with Gasteiger partial charge >= 0.3 is 0 Å². The Morgan fingerprint density at radius 2 is 1.96 bits per heavy atom. The first-order chi connectivity index (χ1) is 11.7. The maximum Gasteiger partial charge on any atom is 0.263 e. The van der Waals surface area contributed by atoms with Crippen molar-refractivity contribution in [2.75, 3.05) is 0 Å². The largest absolute Gasteiger partial charge is 0.344 e. The molecule has 120 valence electrons. The summed E-state index contributed by atoms with van der Waals surface area (Å²) >= 11 is 1.44. The summed E-state index contributed by atoms with van der Waals surface area (Å²) in [6.45, 7) is 0.396. The van der Waals surface area contributed by atoms with Gasteiger partial charge in [0.1, 0.15) is 10.7 Å². The Balaban J connectivity index is 1.55. The average molecular weight is 336 g/mol. The van der Waals surface area contributed by atoms with E-state index in [-0.39, 0.29) is 5.91 Å². The van der Waals surface area contributed by atoms with E-state index < -0.39 is 0 Å². The minimum Gasteiger partial charge on any atom is -0.344 e. The van der Waals surface area contributed by atoms with Gasteiger partial charge in [-0.1, -0.05) is 12.1 Å². The number of aryl methyl sites for hydroxylation is 1. The molecule has 0 radical (unpaired) electrons. The zero-order valence-electron chi connectivity index (χ0n) is 13.1. The molecule has 0 spiro atoms. The molecular weight excluding hydrogens is 320 g/mol. The van der Waals surface area contributed by atoms with Crippen LogP contribution in [0.1, 0.15) is 15.5 Å². The fourth-order valence-corrected chi connectivity index (χ4v) is 3.57. The van der Waals surface area contributed by atoms with Gasteiger partial charge in [-0.15, -0.1) is 11.3 Å². The number of nitrogens with one attached hydrogen (secondary N) is 1. The van der Waals surface area contributed by atoms with Gasteiger partial charge < -0.3 is 14.5 Å². The highest BCUT2D eigenvalue weighted by Gasteiger charge is 2.15. The highest BCUT2D eigenvalue weighted by molar-refractivity contribution is 7.12. The van der Waals surface area contributed by atoms with Crippen molar-refractivity contribution < 1.29 is 4.79 Å². The molecule has 4 rings (SSSR count). The second kappa shape index (κ2) is 5.98. The number of hydrogen-bond donors (Lipinski definition) is 1. The van der Waals surface area contributed by atoms with Crippen molar-refractivity contribution in [2.24, 2.45) is 7.05 Å². The molecule has 3 heterocycles. The highest BCUT2D eigenvalue weighted by Crippen LogP contribution is 2.21. The summed E-state index contributed by atoms with van der Waals surface area (Å²) in [6.07, 6.45) is 3.87. The summed E-state index contributed by atoms with van der Waals surface area (Å²) < 4.78 is 3.96. The van der Waals surface area contributed by atoms with Gasteiger partial charge in [0, 0.05) is 19.4 Å². The van der Waals surface area contributed by atoms with Gasteiger partial charge in [0.15, 0.2) is 0 Å². The van der Waals surface area contributed by atoms with Gasteiger partial charge in [0.25, 0.3) is 5.91 Å². The van der Waals surface area contributed by atoms with Crippen LogP contribution in [0.2, 0.25) is 0 Å². The van der Waals surface area contributed by atoms with E-state index in [1.807, 2.05) is 76.4 Å². The van der Waals surface area contributed by atoms with Crippen molar-refractivity contribution >= 4 is 28.3 Å². The molecule has 4 aromatic rings. The summed E-state index contributed by atoms with van der Waals surface area (Å²) in [5, 5.41) is 4.91. The van der Waals surface area contributed by atoms with Gasteiger partial charge in [-0.2, -0.15) is 0 Å². The minimum atomic E-state index is -0.0826. The van der Waals surface area contributed by atoms with Gasteiger partial charge in [0.05, 0.1) is 23.3 Å². The first kappa shape index (κ1) is 14.7. The maximum absolute atomic E-state index is 12.6. The van der Waals surface area contributed by atoms with Crippen molar-refractivity contribution in [3.05, 3.63) is 70.9 Å². The third-order valence-electron chi connectivity index (χ3n) is 4.02. The third-order valence-corrected chi connectivity index (χ3v) is 4.92. The molecule has 0 aliphatic rings. The van der Waals surface area contributed by atoms with Gasteiger partial charge in [-0.05, 0) is 35.7 Å². The fourth-order valence-electron chi connectivity index (χ4n) is 2.76. The molecule has 24 heavy (non-hydrogen) atoms. The summed E-state index contributed by atoms with van der Waals surface area (Å²) in [4.78, 5) is 17.9. The summed E-state index contributed by atoms with van der Waals surface area (Å²) in [7, 11) is 1.97. The molecule has 1 aromatic carbocycles. The average Bonchev–Trinajstić information content (AvgIpc) is 3.33. The van der Waals surface area contributed by atoms with E-state index in [0.717, 1.165) is 22.5 Å². The fraction of sp³-hybridized carbons (Fsp3) is 0.111. The van der Waals surface area contributed by atoms with Crippen molar-refractivity contribution in [2.45, 2.75) is 6.54 Å². The second-order valence-corrected chi connectivity index (χ2v) is 6.40. The topological polar surface area (TPSA) is 51.9 Å². The number of hydrogen-bond acceptors (Lipinski definition) is 3. The van der Waals surface area contributed by atoms with Crippen LogP contribution in [-0.2, 0) is 13.6 Å². The van der Waals surface area contributed by atoms with Gasteiger partial charge in [-0.25, -0.2) is 4.98 Å². The molecule has 0 aliphatic heterocycles. The molecule has 3 aromatic heterocycles. The van der Waals surface area contributed by atoms with E-state index in [1.54, 1.807) is 0 Å². The third kappa shape index (κ3) is 2.51. The number of nitrogens with zero attached hydrogens (tertiary/aromatic N) is 3. The Bertz CT molecular complexity index is 997. The zero-order chi connectivity index (χ0) is 16.5. The van der Waals surface area contributed by atoms with Crippen LogP contribution < -0.4 is 5.32 Å². The summed E-state index contributed by atoms with van der Waals surface area (Å²) in [6, 6.07) is 13.8. The van der Waals surface area contributed by atoms with Gasteiger partial charge in [-0.3, -0.25) is 4.79 Å². The number of carbonyl (C=O) groups excluding carboxylic acids is 1. The SMILES string of the molecule is Cn1c(CNC(=O)c2sccc2-n2cccc2)nc2ccccc21. The molecule has 6 heteroatoms. The molecule has 1 N–H and O–H groups in total. The lowest BCUT2D eigenvalue weighted by Gasteiger charge is -2.07. The summed E-state index contributed by atoms with van der Waals surface area (Å²) in [5.74, 6) is 0.754. The van der Waals surface area contributed by atoms with E-state index in [4.69, 9.17) is 0 Å². The number of amides is 1. The number of carbonyl (C=O) groups is 1. The molecule has 0 saturated carbocycles. The Kier molecular flexibility index (Phi) is 3.66.